The molecule has 0 unspecified atom stereocenters. The second-order valence-corrected chi connectivity index (χ2v) is 22.8. The van der Waals surface area contributed by atoms with Crippen LogP contribution in [0.15, 0.2) is 77.8 Å². The van der Waals surface area contributed by atoms with Crippen molar-refractivity contribution in [1.29, 1.82) is 0 Å². The summed E-state index contributed by atoms with van der Waals surface area (Å²) in [4.78, 5) is 70.3. The van der Waals surface area contributed by atoms with Gasteiger partial charge in [0.25, 0.3) is 0 Å². The summed E-state index contributed by atoms with van der Waals surface area (Å²) in [5.41, 5.74) is 4.15. The summed E-state index contributed by atoms with van der Waals surface area (Å²) in [5, 5.41) is 28.8. The van der Waals surface area contributed by atoms with Crippen LogP contribution in [0.4, 0.5) is 15.3 Å². The molecule has 1 saturated heterocycles. The van der Waals surface area contributed by atoms with Crippen molar-refractivity contribution >= 4 is 68.7 Å². The number of anilines is 2. The Morgan fingerprint density at radius 2 is 1.62 bits per heavy atom. The van der Waals surface area contributed by atoms with Crippen LogP contribution in [0.3, 0.4) is 0 Å². The largest absolute Gasteiger partial charge is 0.487 e. The first-order valence-electron chi connectivity index (χ1n) is 26.5. The Hall–Kier alpha value is -5.49. The number of ketones is 1. The third kappa shape index (κ3) is 17.8. The minimum atomic E-state index is -0.841. The van der Waals surface area contributed by atoms with E-state index in [2.05, 4.69) is 36.6 Å². The number of benzene rings is 2. The zero-order valence-electron chi connectivity index (χ0n) is 44.8. The summed E-state index contributed by atoms with van der Waals surface area (Å²) in [5.74, 6) is -0.701. The standard InChI is InChI=1S/C56H73ClFN9O9S2/c1-37-49(78-36-64-37)39-13-11-38(12-14-39)33-63-51(70)45-31-42(69)35-67(45)52(71)50(55(2,3)4)62-34-41(68)17-20-59-21-24-73-26-28-75-29-27-74-25-22-60-53(72)56(32-40-7-5-10-47(65-40)66-54-61-23-30-77-54)18-15-43(16-19-56)76-46-9-6-8-44(57)48(46)58/h5-14,23,30,36,42-43,45,50,59,62,69H,15-22,24-29,31-35H2,1-4H3,(H,60,72)(H,63,70)(H,61,65,66)/t42-,43-,45+,50-,56-/m1/s1. The minimum absolute atomic E-state index is 0.00415. The molecule has 7 rings (SSSR count). The summed E-state index contributed by atoms with van der Waals surface area (Å²) in [6.45, 7) is 11.4. The van der Waals surface area contributed by atoms with Gasteiger partial charge in [-0.25, -0.2) is 19.3 Å². The lowest BCUT2D eigenvalue weighted by atomic mass is 9.69. The normalized spacial score (nSPS) is 18.9. The molecule has 1 aliphatic carbocycles. The van der Waals surface area contributed by atoms with Crippen LogP contribution in [0.2, 0.25) is 5.02 Å². The fourth-order valence-corrected chi connectivity index (χ4v) is 11.1. The quantitative estimate of drug-likeness (QED) is 0.0253. The molecule has 5 aromatic rings. The molecule has 3 aromatic heterocycles. The molecule has 0 radical (unpaired) electrons. The van der Waals surface area contributed by atoms with Crippen LogP contribution in [-0.4, -0.2) is 145 Å². The molecule has 6 N–H and O–H groups in total. The van der Waals surface area contributed by atoms with Crippen molar-refractivity contribution in [2.24, 2.45) is 10.8 Å². The molecule has 0 spiro atoms. The van der Waals surface area contributed by atoms with E-state index >= 15 is 0 Å². The number of nitrogens with zero attached hydrogens (tertiary/aromatic N) is 4. The predicted molar refractivity (Wildman–Crippen MR) is 300 cm³/mol. The van der Waals surface area contributed by atoms with Gasteiger partial charge in [0.15, 0.2) is 16.7 Å². The van der Waals surface area contributed by atoms with Crippen LogP contribution in [-0.2, 0) is 46.4 Å². The van der Waals surface area contributed by atoms with E-state index < -0.39 is 34.8 Å². The van der Waals surface area contributed by atoms with Crippen LogP contribution in [0.1, 0.15) is 76.2 Å². The van der Waals surface area contributed by atoms with Gasteiger partial charge in [-0.1, -0.05) is 68.8 Å². The summed E-state index contributed by atoms with van der Waals surface area (Å²) in [7, 11) is 0. The molecule has 0 bridgehead atoms. The minimum Gasteiger partial charge on any atom is -0.487 e. The number of rotatable bonds is 30. The molecule has 78 heavy (non-hydrogen) atoms. The smallest absolute Gasteiger partial charge is 0.243 e. The Balaban J connectivity index is 0.734. The maximum absolute atomic E-state index is 14.7. The maximum atomic E-state index is 14.7. The Morgan fingerprint density at radius 3 is 2.31 bits per heavy atom. The number of hydrogen-bond donors (Lipinski definition) is 6. The number of nitrogens with one attached hydrogen (secondary N) is 5. The van der Waals surface area contributed by atoms with Crippen molar-refractivity contribution in [1.82, 2.24) is 41.1 Å². The van der Waals surface area contributed by atoms with Crippen LogP contribution in [0.25, 0.3) is 10.4 Å². The van der Waals surface area contributed by atoms with Gasteiger partial charge in [0.2, 0.25) is 17.7 Å². The number of aliphatic hydroxyl groups is 1. The molecule has 22 heteroatoms. The van der Waals surface area contributed by atoms with Gasteiger partial charge < -0.3 is 50.2 Å². The number of pyridine rings is 1. The number of aryl methyl sites for hydroxylation is 1. The first-order valence-corrected chi connectivity index (χ1v) is 28.7. The van der Waals surface area contributed by atoms with Crippen LogP contribution in [0.5, 0.6) is 5.75 Å². The van der Waals surface area contributed by atoms with Crippen molar-refractivity contribution in [3.8, 4) is 16.2 Å². The summed E-state index contributed by atoms with van der Waals surface area (Å²) >= 11 is 9.04. The molecule has 18 nitrogen and oxygen atoms in total. The number of halogens is 2. The number of ether oxygens (including phenoxy) is 4. The Morgan fingerprint density at radius 1 is 0.897 bits per heavy atom. The topological polar surface area (TPSA) is 227 Å². The van der Waals surface area contributed by atoms with Crippen LogP contribution in [0, 0.1) is 23.6 Å². The van der Waals surface area contributed by atoms with E-state index in [0.717, 1.165) is 32.5 Å². The number of carbonyl (C=O) groups is 4. The molecule has 1 saturated carbocycles. The molecule has 2 fully saturated rings. The highest BCUT2D eigenvalue weighted by Gasteiger charge is 2.45. The number of β-amino-alcohol motifs (C(OH)–C–C–N with tert-alkyl or cyclic N) is 1. The second-order valence-electron chi connectivity index (χ2n) is 20.7. The Bertz CT molecular complexity index is 2710. The van der Waals surface area contributed by atoms with Crippen molar-refractivity contribution < 1.29 is 47.6 Å². The highest BCUT2D eigenvalue weighted by Crippen LogP contribution is 2.41. The number of aromatic nitrogens is 3. The van der Waals surface area contributed by atoms with E-state index in [1.54, 1.807) is 29.7 Å². The number of hydrogen-bond acceptors (Lipinski definition) is 17. The molecule has 3 atom stereocenters. The second kappa shape index (κ2) is 29.6. The number of aliphatic hydroxyl groups excluding tert-OH is 1. The van der Waals surface area contributed by atoms with Crippen molar-refractivity contribution in [3.63, 3.8) is 0 Å². The van der Waals surface area contributed by atoms with E-state index in [-0.39, 0.29) is 72.9 Å². The number of amides is 3. The first-order chi connectivity index (χ1) is 37.6. The lowest BCUT2D eigenvalue weighted by molar-refractivity contribution is -0.142. The highest BCUT2D eigenvalue weighted by atomic mass is 35.5. The molecule has 2 aromatic carbocycles. The number of Topliss-reactive ketones (excluding diaryl/α,β-unsaturated/α-hetero) is 1. The van der Waals surface area contributed by atoms with E-state index in [1.807, 2.05) is 81.1 Å². The average molecular weight is 1130 g/mol. The van der Waals surface area contributed by atoms with E-state index in [0.29, 0.717) is 97.2 Å². The molecule has 1 aliphatic heterocycles. The van der Waals surface area contributed by atoms with Crippen molar-refractivity contribution in [2.75, 3.05) is 77.7 Å². The molecule has 3 amide bonds. The maximum Gasteiger partial charge on any atom is 0.243 e. The SMILES string of the molecule is Cc1ncsc1-c1ccc(CNC(=O)[C@@H]2C[C@@H](O)CN2C(=O)[C@@H](NCC(=O)CCNCCOCCOCCOCCNC(=O)[C@]2(Cc3cccc(Nc4nccs4)n3)CC[C@@H](Oc3cccc(Cl)c3F)CC2)C(C)(C)C)cc1. The van der Waals surface area contributed by atoms with Crippen LogP contribution >= 0.6 is 34.3 Å². The lowest BCUT2D eigenvalue weighted by Gasteiger charge is -2.39. The fraction of sp³-hybridized carbons (Fsp3) is 0.518. The van der Waals surface area contributed by atoms with Gasteiger partial charge in [-0.15, -0.1) is 22.7 Å². The first kappa shape index (κ1) is 60.2. The lowest BCUT2D eigenvalue weighted by Crippen LogP contribution is -2.57. The third-order valence-electron chi connectivity index (χ3n) is 13.8. The van der Waals surface area contributed by atoms with E-state index in [1.165, 1.54) is 22.3 Å². The van der Waals surface area contributed by atoms with Gasteiger partial charge in [-0.05, 0) is 73.4 Å². The van der Waals surface area contributed by atoms with Crippen LogP contribution < -0.4 is 31.3 Å². The average Bonchev–Trinajstić information content (AvgIpc) is 4.25. The summed E-state index contributed by atoms with van der Waals surface area (Å²) < 4.78 is 37.8. The number of likely N-dealkylation sites (tertiary alicyclic amines) is 1. The molecular formula is C56H73ClFN9O9S2. The molecular weight excluding hydrogens is 1060 g/mol. The molecule has 422 valence electrons. The summed E-state index contributed by atoms with van der Waals surface area (Å²) in [6, 6.07) is 16.7. The zero-order chi connectivity index (χ0) is 55.5. The van der Waals surface area contributed by atoms with Crippen molar-refractivity contribution in [3.05, 3.63) is 106 Å². The number of carbonyl (C=O) groups excluding carboxylic acids is 4. The molecule has 2 aliphatic rings. The predicted octanol–water partition coefficient (Wildman–Crippen LogP) is 7.05. The summed E-state index contributed by atoms with van der Waals surface area (Å²) in [6.07, 6.45) is 3.48. The fourth-order valence-electron chi connectivity index (χ4n) is 9.55. The highest BCUT2D eigenvalue weighted by molar-refractivity contribution is 7.13. The van der Waals surface area contributed by atoms with Gasteiger partial charge in [0, 0.05) is 69.3 Å². The molecule has 4 heterocycles. The van der Waals surface area contributed by atoms with Gasteiger partial charge in [-0.2, -0.15) is 0 Å². The van der Waals surface area contributed by atoms with Gasteiger partial charge in [0.1, 0.15) is 17.6 Å². The Labute approximate surface area is 469 Å². The van der Waals surface area contributed by atoms with E-state index in [4.69, 9.17) is 35.5 Å². The van der Waals surface area contributed by atoms with Gasteiger partial charge >= 0.3 is 0 Å². The monoisotopic (exact) mass is 1130 g/mol. The van der Waals surface area contributed by atoms with Gasteiger partial charge in [-0.3, -0.25) is 24.5 Å². The number of thiazole rings is 2. The third-order valence-corrected chi connectivity index (χ3v) is 15.7. The van der Waals surface area contributed by atoms with Gasteiger partial charge in [0.05, 0.1) is 91.0 Å². The Kier molecular flexibility index (Phi) is 22.9. The van der Waals surface area contributed by atoms with Crippen molar-refractivity contribution in [2.45, 2.75) is 103 Å². The van der Waals surface area contributed by atoms with E-state index in [9.17, 15) is 28.7 Å². The zero-order valence-corrected chi connectivity index (χ0v) is 47.2.